The number of nitrogens with one attached hydrogen (secondary N) is 1. The van der Waals surface area contributed by atoms with Crippen LogP contribution < -0.4 is 5.43 Å². The van der Waals surface area contributed by atoms with Gasteiger partial charge in [-0.1, -0.05) is 0 Å². The smallest absolute Gasteiger partial charge is 0.306 e. The molecule has 1 fully saturated rings. The van der Waals surface area contributed by atoms with E-state index < -0.39 is 5.97 Å². The summed E-state index contributed by atoms with van der Waals surface area (Å²) < 4.78 is 0. The molecule has 1 saturated heterocycles. The Labute approximate surface area is 83.1 Å². The monoisotopic (exact) mass is 200 g/mol. The van der Waals surface area contributed by atoms with Gasteiger partial charge < -0.3 is 5.11 Å². The second kappa shape index (κ2) is 4.52. The van der Waals surface area contributed by atoms with E-state index in [1.807, 2.05) is 5.01 Å². The summed E-state index contributed by atoms with van der Waals surface area (Å²) >= 11 is 0. The second-order valence-electron chi connectivity index (χ2n) is 3.60. The van der Waals surface area contributed by atoms with E-state index in [1.54, 1.807) is 7.05 Å². The largest absolute Gasteiger partial charge is 0.481 e. The van der Waals surface area contributed by atoms with E-state index >= 15 is 0 Å². The van der Waals surface area contributed by atoms with E-state index in [4.69, 9.17) is 5.11 Å². The van der Waals surface area contributed by atoms with Crippen LogP contribution in [0.1, 0.15) is 19.8 Å². The summed E-state index contributed by atoms with van der Waals surface area (Å²) in [6.07, 6.45) is 1.01. The molecule has 0 aromatic carbocycles. The zero-order chi connectivity index (χ0) is 10.7. The fourth-order valence-corrected chi connectivity index (χ4v) is 1.84. The molecule has 1 rings (SSSR count). The first-order valence-electron chi connectivity index (χ1n) is 4.73. The molecule has 1 heterocycles. The molecule has 1 aliphatic heterocycles. The highest BCUT2D eigenvalue weighted by Crippen LogP contribution is 2.22. The van der Waals surface area contributed by atoms with Crippen molar-refractivity contribution in [3.8, 4) is 0 Å². The van der Waals surface area contributed by atoms with Crippen molar-refractivity contribution < 1.29 is 14.7 Å². The third-order valence-electron chi connectivity index (χ3n) is 2.71. The number of carbonyl (C=O) groups excluding carboxylic acids is 1. The Morgan fingerprint density at radius 2 is 2.14 bits per heavy atom. The predicted molar refractivity (Wildman–Crippen MR) is 50.6 cm³/mol. The summed E-state index contributed by atoms with van der Waals surface area (Å²) in [4.78, 5) is 22.0. The van der Waals surface area contributed by atoms with Crippen molar-refractivity contribution in [3.05, 3.63) is 0 Å². The Balaban J connectivity index is 2.66. The van der Waals surface area contributed by atoms with Crippen LogP contribution in [0, 0.1) is 5.92 Å². The number of carboxylic acids is 1. The normalized spacial score (nSPS) is 28.7. The van der Waals surface area contributed by atoms with E-state index in [0.29, 0.717) is 19.4 Å². The molecule has 2 atom stereocenters. The number of aliphatic carboxylic acids is 1. The van der Waals surface area contributed by atoms with E-state index in [2.05, 4.69) is 5.43 Å². The maximum atomic E-state index is 11.3. The van der Waals surface area contributed by atoms with Crippen molar-refractivity contribution in [2.75, 3.05) is 13.6 Å². The molecule has 5 nitrogen and oxygen atoms in total. The van der Waals surface area contributed by atoms with Gasteiger partial charge in [0.25, 0.3) is 0 Å². The van der Waals surface area contributed by atoms with Gasteiger partial charge in [0.2, 0.25) is 0 Å². The van der Waals surface area contributed by atoms with Gasteiger partial charge in [-0.25, -0.2) is 5.01 Å². The van der Waals surface area contributed by atoms with Crippen LogP contribution in [-0.2, 0) is 9.59 Å². The highest BCUT2D eigenvalue weighted by Gasteiger charge is 2.33. The summed E-state index contributed by atoms with van der Waals surface area (Å²) in [7, 11) is 1.75. The van der Waals surface area contributed by atoms with Crippen molar-refractivity contribution in [2.24, 2.45) is 5.92 Å². The number of ketones is 1. The number of hydrazine groups is 1. The van der Waals surface area contributed by atoms with Crippen LogP contribution in [0.3, 0.4) is 0 Å². The SMILES string of the molecule is CNN1CCC(C(=O)O)CC1C(C)=O. The Bertz CT molecular complexity index is 242. The summed E-state index contributed by atoms with van der Waals surface area (Å²) in [5.74, 6) is -1.16. The molecule has 0 amide bonds. The predicted octanol–water partition coefficient (Wildman–Crippen LogP) is -0.125. The van der Waals surface area contributed by atoms with Gasteiger partial charge in [-0.2, -0.15) is 0 Å². The summed E-state index contributed by atoms with van der Waals surface area (Å²) in [5.41, 5.74) is 2.91. The van der Waals surface area contributed by atoms with Crippen LogP contribution in [-0.4, -0.2) is 41.5 Å². The molecule has 14 heavy (non-hydrogen) atoms. The Morgan fingerprint density at radius 3 is 2.57 bits per heavy atom. The lowest BCUT2D eigenvalue weighted by Gasteiger charge is -2.35. The number of Topliss-reactive ketones (excluding diaryl/α,β-unsaturated/α-hetero) is 1. The highest BCUT2D eigenvalue weighted by molar-refractivity contribution is 5.82. The molecule has 0 aliphatic carbocycles. The van der Waals surface area contributed by atoms with Gasteiger partial charge in [0, 0.05) is 6.54 Å². The van der Waals surface area contributed by atoms with Crippen molar-refractivity contribution in [2.45, 2.75) is 25.8 Å². The third kappa shape index (κ3) is 2.30. The molecule has 80 valence electrons. The molecule has 0 spiro atoms. The minimum atomic E-state index is -0.799. The quantitative estimate of drug-likeness (QED) is 0.664. The fourth-order valence-electron chi connectivity index (χ4n) is 1.84. The first-order valence-corrected chi connectivity index (χ1v) is 4.73. The van der Waals surface area contributed by atoms with Gasteiger partial charge in [-0.3, -0.25) is 15.0 Å². The summed E-state index contributed by atoms with van der Waals surface area (Å²) in [5, 5.41) is 10.7. The molecular weight excluding hydrogens is 184 g/mol. The number of rotatable bonds is 3. The van der Waals surface area contributed by atoms with Gasteiger partial charge in [0.15, 0.2) is 0 Å². The Hall–Kier alpha value is -0.940. The molecule has 0 aromatic heterocycles. The average molecular weight is 200 g/mol. The summed E-state index contributed by atoms with van der Waals surface area (Å²) in [6, 6.07) is -0.296. The van der Waals surface area contributed by atoms with Crippen molar-refractivity contribution in [1.82, 2.24) is 10.4 Å². The minimum Gasteiger partial charge on any atom is -0.481 e. The lowest BCUT2D eigenvalue weighted by Crippen LogP contribution is -2.52. The molecule has 2 N–H and O–H groups in total. The molecular formula is C9H16N2O3. The second-order valence-corrected chi connectivity index (χ2v) is 3.60. The zero-order valence-corrected chi connectivity index (χ0v) is 8.49. The van der Waals surface area contributed by atoms with Crippen LogP contribution in [0.25, 0.3) is 0 Å². The molecule has 0 radical (unpaired) electrons. The van der Waals surface area contributed by atoms with Gasteiger partial charge in [-0.05, 0) is 26.8 Å². The molecule has 1 aliphatic rings. The van der Waals surface area contributed by atoms with Crippen LogP contribution in [0.4, 0.5) is 0 Å². The first kappa shape index (κ1) is 11.1. The van der Waals surface area contributed by atoms with Crippen LogP contribution in [0.15, 0.2) is 0 Å². The van der Waals surface area contributed by atoms with Gasteiger partial charge >= 0.3 is 5.97 Å². The van der Waals surface area contributed by atoms with Crippen LogP contribution in [0.5, 0.6) is 0 Å². The van der Waals surface area contributed by atoms with Crippen molar-refractivity contribution in [1.29, 1.82) is 0 Å². The van der Waals surface area contributed by atoms with E-state index in [-0.39, 0.29) is 17.7 Å². The number of piperidine rings is 1. The topological polar surface area (TPSA) is 69.6 Å². The molecule has 0 saturated carbocycles. The molecule has 5 heteroatoms. The number of hydrogen-bond donors (Lipinski definition) is 2. The summed E-state index contributed by atoms with van der Waals surface area (Å²) in [6.45, 7) is 2.11. The lowest BCUT2D eigenvalue weighted by atomic mass is 9.90. The number of hydrogen-bond acceptors (Lipinski definition) is 4. The van der Waals surface area contributed by atoms with Crippen LogP contribution in [0.2, 0.25) is 0 Å². The number of carbonyl (C=O) groups is 2. The molecule has 0 aromatic rings. The lowest BCUT2D eigenvalue weighted by molar-refractivity contribution is -0.145. The Kier molecular flexibility index (Phi) is 3.60. The standard InChI is InChI=1S/C9H16N2O3/c1-6(12)8-5-7(9(13)14)3-4-11(8)10-2/h7-8,10H,3-5H2,1-2H3,(H,13,14). The number of carboxylic acid groups (broad SMARTS) is 1. The van der Waals surface area contributed by atoms with Gasteiger partial charge in [0.1, 0.15) is 5.78 Å². The van der Waals surface area contributed by atoms with E-state index in [9.17, 15) is 9.59 Å². The Morgan fingerprint density at radius 1 is 1.50 bits per heavy atom. The highest BCUT2D eigenvalue weighted by atomic mass is 16.4. The van der Waals surface area contributed by atoms with Crippen LogP contribution >= 0.6 is 0 Å². The maximum Gasteiger partial charge on any atom is 0.306 e. The fraction of sp³-hybridized carbons (Fsp3) is 0.778. The van der Waals surface area contributed by atoms with E-state index in [1.165, 1.54) is 6.92 Å². The maximum absolute atomic E-state index is 11.3. The minimum absolute atomic E-state index is 0.0188. The first-order chi connectivity index (χ1) is 6.56. The van der Waals surface area contributed by atoms with Gasteiger partial charge in [0.05, 0.1) is 12.0 Å². The third-order valence-corrected chi connectivity index (χ3v) is 2.71. The van der Waals surface area contributed by atoms with Crippen molar-refractivity contribution >= 4 is 11.8 Å². The molecule has 2 unspecified atom stereocenters. The van der Waals surface area contributed by atoms with E-state index in [0.717, 1.165) is 0 Å². The number of nitrogens with zero attached hydrogens (tertiary/aromatic N) is 1. The zero-order valence-electron chi connectivity index (χ0n) is 8.49. The average Bonchev–Trinajstić information content (AvgIpc) is 2.16. The van der Waals surface area contributed by atoms with Gasteiger partial charge in [-0.15, -0.1) is 0 Å². The van der Waals surface area contributed by atoms with Crippen molar-refractivity contribution in [3.63, 3.8) is 0 Å². The molecule has 0 bridgehead atoms.